The van der Waals surface area contributed by atoms with E-state index in [2.05, 4.69) is 10.6 Å². The summed E-state index contributed by atoms with van der Waals surface area (Å²) in [7, 11) is 3.85. The zero-order valence-electron chi connectivity index (χ0n) is 11.1. The molecule has 1 amide bonds. The van der Waals surface area contributed by atoms with E-state index in [0.29, 0.717) is 18.0 Å². The van der Waals surface area contributed by atoms with Crippen molar-refractivity contribution in [1.82, 2.24) is 5.32 Å². The molecule has 1 aromatic rings. The Hall–Kier alpha value is -1.26. The minimum Gasteiger partial charge on any atom is -0.376 e. The van der Waals surface area contributed by atoms with Crippen molar-refractivity contribution in [2.24, 2.45) is 0 Å². The normalized spacial score (nSPS) is 10.2. The number of anilines is 2. The van der Waals surface area contributed by atoms with Crippen molar-refractivity contribution >= 4 is 28.9 Å². The lowest BCUT2D eigenvalue weighted by atomic mass is 10.2. The third-order valence-electron chi connectivity index (χ3n) is 2.49. The maximum atomic E-state index is 11.6. The first-order valence-corrected chi connectivity index (χ1v) is 6.39. The molecule has 0 fully saturated rings. The van der Waals surface area contributed by atoms with Crippen molar-refractivity contribution in [3.8, 4) is 0 Å². The van der Waals surface area contributed by atoms with E-state index in [4.69, 9.17) is 11.6 Å². The van der Waals surface area contributed by atoms with Crippen LogP contribution in [-0.4, -0.2) is 33.1 Å². The Balaban J connectivity index is 2.58. The van der Waals surface area contributed by atoms with Crippen LogP contribution in [0.5, 0.6) is 0 Å². The van der Waals surface area contributed by atoms with Gasteiger partial charge in [-0.15, -0.1) is 0 Å². The molecule has 0 spiro atoms. The van der Waals surface area contributed by atoms with Crippen LogP contribution in [-0.2, 0) is 4.79 Å². The molecule has 0 saturated carbocycles. The average Bonchev–Trinajstić information content (AvgIpc) is 2.28. The molecule has 0 bridgehead atoms. The molecule has 0 atom stereocenters. The lowest BCUT2D eigenvalue weighted by Crippen LogP contribution is -2.21. The molecule has 0 unspecified atom stereocenters. The lowest BCUT2D eigenvalue weighted by molar-refractivity contribution is -0.116. The van der Waals surface area contributed by atoms with Gasteiger partial charge >= 0.3 is 0 Å². The van der Waals surface area contributed by atoms with Crippen LogP contribution in [0.25, 0.3) is 0 Å². The fourth-order valence-electron chi connectivity index (χ4n) is 1.55. The molecule has 1 rings (SSSR count). The van der Waals surface area contributed by atoms with E-state index >= 15 is 0 Å². The van der Waals surface area contributed by atoms with Crippen molar-refractivity contribution < 1.29 is 4.79 Å². The summed E-state index contributed by atoms with van der Waals surface area (Å²) in [6, 6.07) is 5.51. The molecule has 100 valence electrons. The standard InChI is InChI=1S/C13H20ClN3O/c1-4-15-8-7-13(18)16-10-5-6-12(17(2)3)11(14)9-10/h5-6,9,15H,4,7-8H2,1-3H3,(H,16,18). The number of benzene rings is 1. The molecule has 0 saturated heterocycles. The molecule has 5 heteroatoms. The quantitative estimate of drug-likeness (QED) is 0.779. The summed E-state index contributed by atoms with van der Waals surface area (Å²) in [5.74, 6) is -0.00961. The van der Waals surface area contributed by atoms with Crippen LogP contribution < -0.4 is 15.5 Å². The molecule has 0 aromatic heterocycles. The van der Waals surface area contributed by atoms with Gasteiger partial charge in [-0.3, -0.25) is 4.79 Å². The van der Waals surface area contributed by atoms with Crippen LogP contribution in [0.15, 0.2) is 18.2 Å². The molecular formula is C13H20ClN3O. The van der Waals surface area contributed by atoms with Crippen molar-refractivity contribution in [2.75, 3.05) is 37.4 Å². The summed E-state index contributed by atoms with van der Waals surface area (Å²) >= 11 is 6.13. The van der Waals surface area contributed by atoms with Crippen molar-refractivity contribution in [3.05, 3.63) is 23.2 Å². The highest BCUT2D eigenvalue weighted by Crippen LogP contribution is 2.27. The first-order valence-electron chi connectivity index (χ1n) is 6.02. The van der Waals surface area contributed by atoms with E-state index < -0.39 is 0 Å². The molecule has 0 aliphatic carbocycles. The zero-order valence-corrected chi connectivity index (χ0v) is 11.8. The van der Waals surface area contributed by atoms with E-state index in [0.717, 1.165) is 17.9 Å². The first kappa shape index (κ1) is 14.8. The Morgan fingerprint density at radius 3 is 2.67 bits per heavy atom. The highest BCUT2D eigenvalue weighted by molar-refractivity contribution is 6.33. The molecule has 2 N–H and O–H groups in total. The highest BCUT2D eigenvalue weighted by atomic mass is 35.5. The molecule has 18 heavy (non-hydrogen) atoms. The van der Waals surface area contributed by atoms with Gasteiger partial charge < -0.3 is 15.5 Å². The van der Waals surface area contributed by atoms with E-state index in [1.165, 1.54) is 0 Å². The Kier molecular flexibility index (Phi) is 5.95. The smallest absolute Gasteiger partial charge is 0.225 e. The third kappa shape index (κ3) is 4.55. The summed E-state index contributed by atoms with van der Waals surface area (Å²) in [5.41, 5.74) is 1.66. The second kappa shape index (κ2) is 7.24. The third-order valence-corrected chi connectivity index (χ3v) is 2.79. The van der Waals surface area contributed by atoms with Crippen LogP contribution in [0.2, 0.25) is 5.02 Å². The number of rotatable bonds is 6. The number of carbonyl (C=O) groups excluding carboxylic acids is 1. The Bertz CT molecular complexity index is 407. The summed E-state index contributed by atoms with van der Waals surface area (Å²) in [6.45, 7) is 3.57. The van der Waals surface area contributed by atoms with Gasteiger partial charge in [-0.05, 0) is 24.7 Å². The lowest BCUT2D eigenvalue weighted by Gasteiger charge is -2.15. The predicted octanol–water partition coefficient (Wildman–Crippen LogP) is 2.34. The SMILES string of the molecule is CCNCCC(=O)Nc1ccc(N(C)C)c(Cl)c1. The van der Waals surface area contributed by atoms with E-state index in [9.17, 15) is 4.79 Å². The fourth-order valence-corrected chi connectivity index (χ4v) is 1.90. The van der Waals surface area contributed by atoms with Crippen LogP contribution in [0.4, 0.5) is 11.4 Å². The maximum absolute atomic E-state index is 11.6. The van der Waals surface area contributed by atoms with Gasteiger partial charge in [0.05, 0.1) is 10.7 Å². The summed E-state index contributed by atoms with van der Waals surface area (Å²) in [6.07, 6.45) is 0.459. The molecule has 0 radical (unpaired) electrons. The molecular weight excluding hydrogens is 250 g/mol. The minimum atomic E-state index is -0.00961. The van der Waals surface area contributed by atoms with Crippen molar-refractivity contribution in [3.63, 3.8) is 0 Å². The molecule has 0 heterocycles. The van der Waals surface area contributed by atoms with Gasteiger partial charge in [-0.2, -0.15) is 0 Å². The van der Waals surface area contributed by atoms with Gasteiger partial charge in [-0.1, -0.05) is 18.5 Å². The van der Waals surface area contributed by atoms with Gasteiger partial charge in [0.15, 0.2) is 0 Å². The highest BCUT2D eigenvalue weighted by Gasteiger charge is 2.06. The monoisotopic (exact) mass is 269 g/mol. The molecule has 0 aliphatic rings. The summed E-state index contributed by atoms with van der Waals surface area (Å²) in [5, 5.41) is 6.56. The Labute approximate surface area is 113 Å². The average molecular weight is 270 g/mol. The van der Waals surface area contributed by atoms with E-state index in [-0.39, 0.29) is 5.91 Å². The van der Waals surface area contributed by atoms with Crippen LogP contribution in [0.3, 0.4) is 0 Å². The number of amides is 1. The zero-order chi connectivity index (χ0) is 13.5. The number of halogens is 1. The van der Waals surface area contributed by atoms with E-state index in [1.807, 2.05) is 38.1 Å². The summed E-state index contributed by atoms with van der Waals surface area (Å²) < 4.78 is 0. The van der Waals surface area contributed by atoms with Gasteiger partial charge in [0, 0.05) is 32.7 Å². The van der Waals surface area contributed by atoms with Gasteiger partial charge in [-0.25, -0.2) is 0 Å². The van der Waals surface area contributed by atoms with Gasteiger partial charge in [0.1, 0.15) is 0 Å². The maximum Gasteiger partial charge on any atom is 0.225 e. The number of carbonyl (C=O) groups is 1. The van der Waals surface area contributed by atoms with Crippen LogP contribution in [0, 0.1) is 0 Å². The molecule has 4 nitrogen and oxygen atoms in total. The van der Waals surface area contributed by atoms with Gasteiger partial charge in [0.2, 0.25) is 5.91 Å². The second-order valence-corrected chi connectivity index (χ2v) is 4.62. The van der Waals surface area contributed by atoms with Crippen LogP contribution >= 0.6 is 11.6 Å². The largest absolute Gasteiger partial charge is 0.376 e. The molecule has 1 aromatic carbocycles. The Morgan fingerprint density at radius 1 is 1.39 bits per heavy atom. The number of hydrogen-bond acceptors (Lipinski definition) is 3. The summed E-state index contributed by atoms with van der Waals surface area (Å²) in [4.78, 5) is 13.5. The van der Waals surface area contributed by atoms with Crippen LogP contribution in [0.1, 0.15) is 13.3 Å². The van der Waals surface area contributed by atoms with E-state index in [1.54, 1.807) is 6.07 Å². The topological polar surface area (TPSA) is 44.4 Å². The Morgan fingerprint density at radius 2 is 2.11 bits per heavy atom. The van der Waals surface area contributed by atoms with Gasteiger partial charge in [0.25, 0.3) is 0 Å². The first-order chi connectivity index (χ1) is 8.54. The second-order valence-electron chi connectivity index (χ2n) is 4.21. The number of hydrogen-bond donors (Lipinski definition) is 2. The fraction of sp³-hybridized carbons (Fsp3) is 0.462. The number of nitrogens with one attached hydrogen (secondary N) is 2. The van der Waals surface area contributed by atoms with Crippen molar-refractivity contribution in [1.29, 1.82) is 0 Å². The minimum absolute atomic E-state index is 0.00961. The number of nitrogens with zero attached hydrogens (tertiary/aromatic N) is 1. The van der Waals surface area contributed by atoms with Crippen molar-refractivity contribution in [2.45, 2.75) is 13.3 Å². The predicted molar refractivity (Wildman–Crippen MR) is 77.6 cm³/mol. The molecule has 0 aliphatic heterocycles.